The van der Waals surface area contributed by atoms with Crippen LogP contribution in [0.3, 0.4) is 0 Å². The van der Waals surface area contributed by atoms with Gasteiger partial charge in [-0.1, -0.05) is 13.8 Å². The van der Waals surface area contributed by atoms with E-state index in [0.29, 0.717) is 18.1 Å². The Labute approximate surface area is 170 Å². The summed E-state index contributed by atoms with van der Waals surface area (Å²) < 4.78 is 12.9. The van der Waals surface area contributed by atoms with Crippen LogP contribution in [-0.2, 0) is 6.61 Å². The zero-order valence-electron chi connectivity index (χ0n) is 14.9. The molecule has 27 heavy (non-hydrogen) atoms. The highest BCUT2D eigenvalue weighted by atomic mass is 127. The van der Waals surface area contributed by atoms with E-state index in [1.807, 2.05) is 12.1 Å². The first-order chi connectivity index (χ1) is 13.0. The molecule has 0 saturated heterocycles. The van der Waals surface area contributed by atoms with Crippen LogP contribution < -0.4 is 20.9 Å². The SMILES string of the molecule is CC(C)c1c(Oc2cnc(N)nc2N)ccc(OCc2cnccn2)c1I. The summed E-state index contributed by atoms with van der Waals surface area (Å²) in [5.41, 5.74) is 13.2. The van der Waals surface area contributed by atoms with Gasteiger partial charge in [0.05, 0.1) is 21.7 Å². The third-order valence-electron chi connectivity index (χ3n) is 3.70. The summed E-state index contributed by atoms with van der Waals surface area (Å²) in [6.07, 6.45) is 6.41. The topological polar surface area (TPSA) is 122 Å². The fraction of sp³-hybridized carbons (Fsp3) is 0.222. The van der Waals surface area contributed by atoms with Gasteiger partial charge in [-0.3, -0.25) is 9.97 Å². The minimum absolute atomic E-state index is 0.103. The zero-order valence-corrected chi connectivity index (χ0v) is 17.0. The molecule has 0 atom stereocenters. The number of nitrogens with two attached hydrogens (primary N) is 2. The standard InChI is InChI=1S/C18H19IN6O2/c1-10(2)15-12(27-14-8-24-18(21)25-17(14)20)3-4-13(16(15)19)26-9-11-7-22-5-6-23-11/h3-8,10H,9H2,1-2H3,(H4,20,21,24,25). The summed E-state index contributed by atoms with van der Waals surface area (Å²) in [5.74, 6) is 2.26. The lowest BCUT2D eigenvalue weighted by Gasteiger charge is -2.19. The minimum atomic E-state index is 0.103. The summed E-state index contributed by atoms with van der Waals surface area (Å²) in [5, 5.41) is 0. The van der Waals surface area contributed by atoms with E-state index < -0.39 is 0 Å². The van der Waals surface area contributed by atoms with Crippen molar-refractivity contribution in [2.24, 2.45) is 0 Å². The molecule has 0 spiro atoms. The van der Waals surface area contributed by atoms with E-state index in [-0.39, 0.29) is 17.7 Å². The van der Waals surface area contributed by atoms with Crippen molar-refractivity contribution in [2.75, 3.05) is 11.5 Å². The van der Waals surface area contributed by atoms with Crippen LogP contribution in [0, 0.1) is 3.57 Å². The molecule has 0 bridgehead atoms. The van der Waals surface area contributed by atoms with Crippen molar-refractivity contribution < 1.29 is 9.47 Å². The van der Waals surface area contributed by atoms with Crippen molar-refractivity contribution in [3.63, 3.8) is 0 Å². The second-order valence-corrected chi connectivity index (χ2v) is 7.09. The zero-order chi connectivity index (χ0) is 19.4. The largest absolute Gasteiger partial charge is 0.486 e. The molecule has 0 aliphatic heterocycles. The molecule has 0 saturated carbocycles. The number of hydrogen-bond acceptors (Lipinski definition) is 8. The van der Waals surface area contributed by atoms with Gasteiger partial charge in [-0.2, -0.15) is 4.98 Å². The molecule has 3 aromatic rings. The first-order valence-electron chi connectivity index (χ1n) is 8.21. The fourth-order valence-electron chi connectivity index (χ4n) is 2.45. The van der Waals surface area contributed by atoms with Gasteiger partial charge in [0.25, 0.3) is 0 Å². The smallest absolute Gasteiger partial charge is 0.222 e. The quantitative estimate of drug-likeness (QED) is 0.516. The van der Waals surface area contributed by atoms with Crippen molar-refractivity contribution in [3.8, 4) is 17.2 Å². The summed E-state index contributed by atoms with van der Waals surface area (Å²) >= 11 is 2.26. The minimum Gasteiger partial charge on any atom is -0.486 e. The van der Waals surface area contributed by atoms with E-state index in [2.05, 4.69) is 56.4 Å². The highest BCUT2D eigenvalue weighted by Crippen LogP contribution is 2.39. The van der Waals surface area contributed by atoms with Gasteiger partial charge in [-0.05, 0) is 40.6 Å². The summed E-state index contributed by atoms with van der Waals surface area (Å²) in [4.78, 5) is 16.1. The summed E-state index contributed by atoms with van der Waals surface area (Å²) in [6, 6.07) is 3.70. The maximum absolute atomic E-state index is 5.97. The van der Waals surface area contributed by atoms with Crippen LogP contribution >= 0.6 is 22.6 Å². The molecule has 4 N–H and O–H groups in total. The molecular weight excluding hydrogens is 459 g/mol. The van der Waals surface area contributed by atoms with E-state index in [1.54, 1.807) is 18.6 Å². The maximum atomic E-state index is 5.97. The second-order valence-electron chi connectivity index (χ2n) is 6.01. The van der Waals surface area contributed by atoms with Gasteiger partial charge in [0.15, 0.2) is 11.6 Å². The third kappa shape index (κ3) is 4.54. The van der Waals surface area contributed by atoms with Gasteiger partial charge in [0.2, 0.25) is 5.95 Å². The molecule has 0 unspecified atom stereocenters. The molecule has 140 valence electrons. The number of halogens is 1. The van der Waals surface area contributed by atoms with E-state index >= 15 is 0 Å². The molecule has 0 amide bonds. The summed E-state index contributed by atoms with van der Waals surface area (Å²) in [6.45, 7) is 4.50. The first kappa shape index (κ1) is 19.1. The van der Waals surface area contributed by atoms with Gasteiger partial charge in [-0.25, -0.2) is 4.98 Å². The van der Waals surface area contributed by atoms with E-state index in [9.17, 15) is 0 Å². The van der Waals surface area contributed by atoms with Crippen molar-refractivity contribution in [1.29, 1.82) is 0 Å². The van der Waals surface area contributed by atoms with Crippen LogP contribution in [-0.4, -0.2) is 19.9 Å². The van der Waals surface area contributed by atoms with Crippen molar-refractivity contribution in [3.05, 3.63) is 51.7 Å². The number of nitrogens with zero attached hydrogens (tertiary/aromatic N) is 4. The van der Waals surface area contributed by atoms with Gasteiger partial charge < -0.3 is 20.9 Å². The van der Waals surface area contributed by atoms with Crippen LogP contribution in [0.25, 0.3) is 0 Å². The van der Waals surface area contributed by atoms with Crippen LogP contribution in [0.4, 0.5) is 11.8 Å². The van der Waals surface area contributed by atoms with Gasteiger partial charge in [0.1, 0.15) is 18.1 Å². The highest BCUT2D eigenvalue weighted by Gasteiger charge is 2.18. The van der Waals surface area contributed by atoms with Crippen molar-refractivity contribution in [1.82, 2.24) is 19.9 Å². The average Bonchev–Trinajstić information content (AvgIpc) is 2.64. The van der Waals surface area contributed by atoms with Gasteiger partial charge >= 0.3 is 0 Å². The molecule has 0 aliphatic carbocycles. The predicted molar refractivity (Wildman–Crippen MR) is 111 cm³/mol. The number of rotatable bonds is 6. The molecule has 9 heteroatoms. The molecule has 1 aromatic carbocycles. The monoisotopic (exact) mass is 478 g/mol. The van der Waals surface area contributed by atoms with Crippen molar-refractivity contribution in [2.45, 2.75) is 26.4 Å². The number of nitrogen functional groups attached to an aromatic ring is 2. The average molecular weight is 478 g/mol. The Kier molecular flexibility index (Phi) is 5.89. The lowest BCUT2D eigenvalue weighted by molar-refractivity contribution is 0.297. The van der Waals surface area contributed by atoms with Crippen molar-refractivity contribution >= 4 is 34.4 Å². The van der Waals surface area contributed by atoms with Crippen LogP contribution in [0.1, 0.15) is 31.0 Å². The molecular formula is C18H19IN6O2. The lowest BCUT2D eigenvalue weighted by atomic mass is 10.0. The number of benzene rings is 1. The van der Waals surface area contributed by atoms with Gasteiger partial charge in [-0.15, -0.1) is 0 Å². The van der Waals surface area contributed by atoms with E-state index in [4.69, 9.17) is 20.9 Å². The number of ether oxygens (including phenoxy) is 2. The molecule has 8 nitrogen and oxygen atoms in total. The number of anilines is 2. The second kappa shape index (κ2) is 8.33. The molecule has 0 radical (unpaired) electrons. The van der Waals surface area contributed by atoms with E-state index in [0.717, 1.165) is 20.6 Å². The lowest BCUT2D eigenvalue weighted by Crippen LogP contribution is -2.05. The normalized spacial score (nSPS) is 10.8. The Morgan fingerprint density at radius 2 is 1.81 bits per heavy atom. The van der Waals surface area contributed by atoms with Gasteiger partial charge in [0, 0.05) is 18.0 Å². The Bertz CT molecular complexity index is 937. The summed E-state index contributed by atoms with van der Waals surface area (Å²) in [7, 11) is 0. The molecule has 2 aromatic heterocycles. The Morgan fingerprint density at radius 3 is 2.48 bits per heavy atom. The van der Waals surface area contributed by atoms with Crippen LogP contribution in [0.15, 0.2) is 36.9 Å². The van der Waals surface area contributed by atoms with Crippen LogP contribution in [0.5, 0.6) is 17.2 Å². The third-order valence-corrected chi connectivity index (χ3v) is 4.81. The fourth-order valence-corrected chi connectivity index (χ4v) is 3.67. The predicted octanol–water partition coefficient (Wildman–Crippen LogP) is 3.53. The van der Waals surface area contributed by atoms with Crippen LogP contribution in [0.2, 0.25) is 0 Å². The highest BCUT2D eigenvalue weighted by molar-refractivity contribution is 14.1. The number of aromatic nitrogens is 4. The Balaban J connectivity index is 1.88. The molecule has 0 fully saturated rings. The first-order valence-corrected chi connectivity index (χ1v) is 9.29. The maximum Gasteiger partial charge on any atom is 0.222 e. The molecule has 0 aliphatic rings. The number of hydrogen-bond donors (Lipinski definition) is 2. The molecule has 3 rings (SSSR count). The molecule has 2 heterocycles. The van der Waals surface area contributed by atoms with E-state index in [1.165, 1.54) is 6.20 Å². The Morgan fingerprint density at radius 1 is 1.04 bits per heavy atom. The Hall–Kier alpha value is -2.69.